The Morgan fingerprint density at radius 3 is 2.81 bits per heavy atom. The molecule has 0 fully saturated rings. The van der Waals surface area contributed by atoms with E-state index in [0.717, 1.165) is 32.5 Å². The molecule has 0 aromatic carbocycles. The van der Waals surface area contributed by atoms with Gasteiger partial charge in [0.1, 0.15) is 0 Å². The Labute approximate surface area is 111 Å². The number of halogens is 1. The second-order valence-electron chi connectivity index (χ2n) is 4.86. The van der Waals surface area contributed by atoms with Crippen molar-refractivity contribution < 1.29 is 0 Å². The van der Waals surface area contributed by atoms with Crippen LogP contribution in [0.1, 0.15) is 25.1 Å². The largest absolute Gasteiger partial charge is 0.330 e. The fourth-order valence-corrected chi connectivity index (χ4v) is 3.06. The van der Waals surface area contributed by atoms with Gasteiger partial charge in [0.15, 0.2) is 0 Å². The van der Waals surface area contributed by atoms with Crippen LogP contribution >= 0.6 is 27.3 Å². The predicted octanol–water partition coefficient (Wildman–Crippen LogP) is 3.02. The minimum Gasteiger partial charge on any atom is -0.330 e. The summed E-state index contributed by atoms with van der Waals surface area (Å²) in [6.45, 7) is 7.37. The summed E-state index contributed by atoms with van der Waals surface area (Å²) < 4.78 is 1.19. The summed E-state index contributed by atoms with van der Waals surface area (Å²) >= 11 is 5.28. The van der Waals surface area contributed by atoms with E-state index in [2.05, 4.69) is 46.5 Å². The highest BCUT2D eigenvalue weighted by atomic mass is 79.9. The Bertz CT molecular complexity index is 310. The van der Waals surface area contributed by atoms with Crippen LogP contribution < -0.4 is 11.1 Å². The first-order valence-electron chi connectivity index (χ1n) is 5.67. The molecule has 0 saturated heterocycles. The van der Waals surface area contributed by atoms with E-state index < -0.39 is 0 Å². The topological polar surface area (TPSA) is 38.0 Å². The Morgan fingerprint density at radius 1 is 1.50 bits per heavy atom. The maximum Gasteiger partial charge on any atom is 0.0285 e. The molecule has 0 spiro atoms. The molecule has 1 aromatic rings. The highest BCUT2D eigenvalue weighted by Gasteiger charge is 2.15. The molecule has 0 aliphatic carbocycles. The smallest absolute Gasteiger partial charge is 0.0285 e. The minimum atomic E-state index is 0.310. The van der Waals surface area contributed by atoms with Gasteiger partial charge in [0.05, 0.1) is 0 Å². The van der Waals surface area contributed by atoms with Crippen molar-refractivity contribution in [2.24, 2.45) is 11.1 Å². The highest BCUT2D eigenvalue weighted by Crippen LogP contribution is 2.20. The average Bonchev–Trinajstić information content (AvgIpc) is 2.59. The Morgan fingerprint density at radius 2 is 2.25 bits per heavy atom. The molecule has 2 nitrogen and oxygen atoms in total. The van der Waals surface area contributed by atoms with Crippen molar-refractivity contribution >= 4 is 27.3 Å². The molecule has 0 bridgehead atoms. The van der Waals surface area contributed by atoms with Gasteiger partial charge in [0.2, 0.25) is 0 Å². The van der Waals surface area contributed by atoms with E-state index in [1.807, 2.05) is 11.3 Å². The molecule has 4 heteroatoms. The molecule has 16 heavy (non-hydrogen) atoms. The summed E-state index contributed by atoms with van der Waals surface area (Å²) in [5, 5.41) is 5.64. The number of nitrogens with one attached hydrogen (secondary N) is 1. The highest BCUT2D eigenvalue weighted by molar-refractivity contribution is 9.10. The fraction of sp³-hybridized carbons (Fsp3) is 0.667. The Balaban J connectivity index is 2.16. The second-order valence-corrected chi connectivity index (χ2v) is 6.77. The van der Waals surface area contributed by atoms with Crippen LogP contribution in [-0.2, 0) is 6.42 Å². The molecule has 0 atom stereocenters. The van der Waals surface area contributed by atoms with Gasteiger partial charge in [-0.15, -0.1) is 11.3 Å². The number of thiophene rings is 1. The van der Waals surface area contributed by atoms with Gasteiger partial charge >= 0.3 is 0 Å². The van der Waals surface area contributed by atoms with Gasteiger partial charge in [-0.25, -0.2) is 0 Å². The summed E-state index contributed by atoms with van der Waals surface area (Å²) in [7, 11) is 0. The van der Waals surface area contributed by atoms with E-state index in [9.17, 15) is 0 Å². The van der Waals surface area contributed by atoms with Gasteiger partial charge in [-0.1, -0.05) is 13.8 Å². The molecule has 0 saturated carbocycles. The lowest BCUT2D eigenvalue weighted by molar-refractivity contribution is 0.321. The summed E-state index contributed by atoms with van der Waals surface area (Å²) in [5.41, 5.74) is 5.89. The maximum atomic E-state index is 5.58. The maximum absolute atomic E-state index is 5.58. The molecule has 3 N–H and O–H groups in total. The van der Waals surface area contributed by atoms with Crippen molar-refractivity contribution in [3.8, 4) is 0 Å². The molecule has 92 valence electrons. The van der Waals surface area contributed by atoms with Crippen molar-refractivity contribution in [1.29, 1.82) is 0 Å². The van der Waals surface area contributed by atoms with Crippen LogP contribution in [0.3, 0.4) is 0 Å². The van der Waals surface area contributed by atoms with Gasteiger partial charge in [-0.3, -0.25) is 0 Å². The molecular formula is C12H21BrN2S. The zero-order valence-electron chi connectivity index (χ0n) is 10.1. The first-order chi connectivity index (χ1) is 7.53. The van der Waals surface area contributed by atoms with Crippen molar-refractivity contribution in [2.45, 2.75) is 26.7 Å². The fourth-order valence-electron chi connectivity index (χ4n) is 1.60. The van der Waals surface area contributed by atoms with E-state index in [1.54, 1.807) is 0 Å². The van der Waals surface area contributed by atoms with Gasteiger partial charge in [-0.2, -0.15) is 0 Å². The summed E-state index contributed by atoms with van der Waals surface area (Å²) in [6, 6.07) is 2.19. The molecule has 1 rings (SSSR count). The standard InChI is InChI=1S/C12H21BrN2S/c1-12(2,4-5-14)9-15-6-3-11-7-10(13)8-16-11/h7-8,15H,3-6,9,14H2,1-2H3. The van der Waals surface area contributed by atoms with Gasteiger partial charge in [-0.05, 0) is 53.3 Å². The van der Waals surface area contributed by atoms with Crippen molar-refractivity contribution in [1.82, 2.24) is 5.32 Å². The van der Waals surface area contributed by atoms with E-state index >= 15 is 0 Å². The van der Waals surface area contributed by atoms with E-state index in [1.165, 1.54) is 9.35 Å². The first kappa shape index (κ1) is 14.2. The van der Waals surface area contributed by atoms with Crippen molar-refractivity contribution in [3.63, 3.8) is 0 Å². The quantitative estimate of drug-likeness (QED) is 0.760. The first-order valence-corrected chi connectivity index (χ1v) is 7.34. The molecule has 1 heterocycles. The third kappa shape index (κ3) is 5.43. The SMILES string of the molecule is CC(C)(CCN)CNCCc1cc(Br)cs1. The van der Waals surface area contributed by atoms with Crippen molar-refractivity contribution in [2.75, 3.05) is 19.6 Å². The molecule has 0 amide bonds. The molecule has 1 aromatic heterocycles. The summed E-state index contributed by atoms with van der Waals surface area (Å²) in [5.74, 6) is 0. The third-order valence-corrected chi connectivity index (χ3v) is 4.35. The van der Waals surface area contributed by atoms with Crippen LogP contribution in [0.15, 0.2) is 15.9 Å². The lowest BCUT2D eigenvalue weighted by atomic mass is 9.89. The van der Waals surface area contributed by atoms with E-state index in [-0.39, 0.29) is 0 Å². The van der Waals surface area contributed by atoms with Gasteiger partial charge in [0.25, 0.3) is 0 Å². The van der Waals surface area contributed by atoms with Crippen LogP contribution in [0.5, 0.6) is 0 Å². The molecule has 0 unspecified atom stereocenters. The predicted molar refractivity (Wildman–Crippen MR) is 76.0 cm³/mol. The normalized spacial score (nSPS) is 12.0. The van der Waals surface area contributed by atoms with Crippen molar-refractivity contribution in [3.05, 3.63) is 20.8 Å². The monoisotopic (exact) mass is 304 g/mol. The Hall–Kier alpha value is 0.1000. The minimum absolute atomic E-state index is 0.310. The second kappa shape index (κ2) is 6.74. The molecule has 0 aliphatic heterocycles. The number of hydrogen-bond acceptors (Lipinski definition) is 3. The zero-order chi connectivity index (χ0) is 12.0. The zero-order valence-corrected chi connectivity index (χ0v) is 12.5. The molecule has 0 aliphatic rings. The van der Waals surface area contributed by atoms with Crippen LogP contribution in [0.25, 0.3) is 0 Å². The van der Waals surface area contributed by atoms with Crippen LogP contribution in [0.2, 0.25) is 0 Å². The average molecular weight is 305 g/mol. The van der Waals surface area contributed by atoms with Gasteiger partial charge < -0.3 is 11.1 Å². The lowest BCUT2D eigenvalue weighted by Gasteiger charge is -2.24. The van der Waals surface area contributed by atoms with E-state index in [0.29, 0.717) is 5.41 Å². The summed E-state index contributed by atoms with van der Waals surface area (Å²) in [4.78, 5) is 1.43. The molecular weight excluding hydrogens is 284 g/mol. The summed E-state index contributed by atoms with van der Waals surface area (Å²) in [6.07, 6.45) is 2.18. The number of rotatable bonds is 7. The van der Waals surface area contributed by atoms with Crippen LogP contribution in [-0.4, -0.2) is 19.6 Å². The third-order valence-electron chi connectivity index (χ3n) is 2.59. The van der Waals surface area contributed by atoms with Gasteiger partial charge in [0, 0.05) is 21.3 Å². The van der Waals surface area contributed by atoms with Crippen LogP contribution in [0, 0.1) is 5.41 Å². The number of nitrogens with two attached hydrogens (primary N) is 1. The lowest BCUT2D eigenvalue weighted by Crippen LogP contribution is -2.32. The van der Waals surface area contributed by atoms with E-state index in [4.69, 9.17) is 5.73 Å². The molecule has 0 radical (unpaired) electrons. The van der Waals surface area contributed by atoms with Crippen LogP contribution in [0.4, 0.5) is 0 Å². The Kier molecular flexibility index (Phi) is 5.97. The number of hydrogen-bond donors (Lipinski definition) is 2.